The molecule has 0 saturated carbocycles. The van der Waals surface area contributed by atoms with Crippen molar-refractivity contribution in [3.8, 4) is 5.69 Å². The second-order valence-electron chi connectivity index (χ2n) is 4.14. The van der Waals surface area contributed by atoms with Gasteiger partial charge < -0.3 is 4.42 Å². The van der Waals surface area contributed by atoms with Crippen LogP contribution in [-0.2, 0) is 6.18 Å². The van der Waals surface area contributed by atoms with Crippen LogP contribution in [0.15, 0.2) is 35.5 Å². The number of nitrogens with zero attached hydrogens (tertiary/aromatic N) is 3. The van der Waals surface area contributed by atoms with Crippen molar-refractivity contribution in [2.24, 2.45) is 0 Å². The Morgan fingerprint density at radius 3 is 2.74 bits per heavy atom. The molecule has 0 radical (unpaired) electrons. The number of hydrogen-bond donors (Lipinski definition) is 0. The Morgan fingerprint density at radius 2 is 2.00 bits per heavy atom. The molecule has 3 aromatic heterocycles. The van der Waals surface area contributed by atoms with Crippen LogP contribution in [0.1, 0.15) is 11.1 Å². The molecule has 0 aliphatic heterocycles. The maximum Gasteiger partial charge on any atom is 0.421 e. The predicted molar refractivity (Wildman–Crippen MR) is 60.9 cm³/mol. The van der Waals surface area contributed by atoms with Crippen LogP contribution in [0, 0.1) is 6.92 Å². The SMILES string of the molecule is Cc1cnc2c(c1)ncn2-c1cocc1C(F)(F)F. The number of aromatic nitrogens is 3. The van der Waals surface area contributed by atoms with Gasteiger partial charge in [-0.3, -0.25) is 4.57 Å². The fourth-order valence-corrected chi connectivity index (χ4v) is 1.87. The Hall–Kier alpha value is -2.31. The zero-order valence-corrected chi connectivity index (χ0v) is 9.77. The van der Waals surface area contributed by atoms with Gasteiger partial charge in [-0.05, 0) is 18.6 Å². The van der Waals surface area contributed by atoms with Crippen molar-refractivity contribution in [3.63, 3.8) is 0 Å². The minimum absolute atomic E-state index is 0.119. The molecule has 0 aliphatic rings. The Bertz CT molecular complexity index is 742. The first-order chi connectivity index (χ1) is 8.97. The van der Waals surface area contributed by atoms with Crippen molar-refractivity contribution in [3.05, 3.63) is 42.2 Å². The van der Waals surface area contributed by atoms with Gasteiger partial charge in [0.15, 0.2) is 5.65 Å². The van der Waals surface area contributed by atoms with E-state index in [1.807, 2.05) is 6.92 Å². The lowest BCUT2D eigenvalue weighted by Crippen LogP contribution is -2.08. The van der Waals surface area contributed by atoms with E-state index in [1.165, 1.54) is 10.9 Å². The summed E-state index contributed by atoms with van der Waals surface area (Å²) < 4.78 is 44.4. The van der Waals surface area contributed by atoms with Crippen molar-refractivity contribution in [2.75, 3.05) is 0 Å². The average molecular weight is 267 g/mol. The lowest BCUT2D eigenvalue weighted by Gasteiger charge is -2.07. The third kappa shape index (κ3) is 1.87. The van der Waals surface area contributed by atoms with Crippen LogP contribution in [0.25, 0.3) is 16.9 Å². The van der Waals surface area contributed by atoms with E-state index in [2.05, 4.69) is 14.4 Å². The molecule has 4 nitrogen and oxygen atoms in total. The van der Waals surface area contributed by atoms with E-state index in [4.69, 9.17) is 0 Å². The molecular formula is C12H8F3N3O. The van der Waals surface area contributed by atoms with Crippen molar-refractivity contribution < 1.29 is 17.6 Å². The molecule has 0 amide bonds. The number of fused-ring (bicyclic) bond motifs is 1. The van der Waals surface area contributed by atoms with Gasteiger partial charge in [0.05, 0.1) is 5.69 Å². The van der Waals surface area contributed by atoms with Crippen LogP contribution in [0.4, 0.5) is 13.2 Å². The molecule has 3 rings (SSSR count). The van der Waals surface area contributed by atoms with Crippen LogP contribution in [-0.4, -0.2) is 14.5 Å². The van der Waals surface area contributed by atoms with E-state index >= 15 is 0 Å². The van der Waals surface area contributed by atoms with Gasteiger partial charge in [-0.2, -0.15) is 13.2 Å². The highest BCUT2D eigenvalue weighted by molar-refractivity contribution is 5.73. The largest absolute Gasteiger partial charge is 0.470 e. The summed E-state index contributed by atoms with van der Waals surface area (Å²) in [6, 6.07) is 1.76. The number of aryl methyl sites for hydroxylation is 1. The molecule has 0 aliphatic carbocycles. The highest BCUT2D eigenvalue weighted by Gasteiger charge is 2.36. The van der Waals surface area contributed by atoms with Gasteiger partial charge in [-0.1, -0.05) is 0 Å². The van der Waals surface area contributed by atoms with E-state index in [9.17, 15) is 13.2 Å². The number of hydrogen-bond acceptors (Lipinski definition) is 3. The van der Waals surface area contributed by atoms with Gasteiger partial charge in [-0.25, -0.2) is 9.97 Å². The topological polar surface area (TPSA) is 43.9 Å². The molecule has 0 N–H and O–H groups in total. The molecule has 0 aromatic carbocycles. The Kier molecular flexibility index (Phi) is 2.38. The molecule has 3 aromatic rings. The second kappa shape index (κ2) is 3.84. The summed E-state index contributed by atoms with van der Waals surface area (Å²) >= 11 is 0. The third-order valence-electron chi connectivity index (χ3n) is 2.73. The van der Waals surface area contributed by atoms with Crippen molar-refractivity contribution in [2.45, 2.75) is 13.1 Å². The lowest BCUT2D eigenvalue weighted by molar-refractivity contribution is -0.137. The molecule has 0 saturated heterocycles. The van der Waals surface area contributed by atoms with E-state index in [1.54, 1.807) is 12.3 Å². The summed E-state index contributed by atoms with van der Waals surface area (Å²) in [7, 11) is 0. The fourth-order valence-electron chi connectivity index (χ4n) is 1.87. The first-order valence-corrected chi connectivity index (χ1v) is 5.40. The van der Waals surface area contributed by atoms with Crippen LogP contribution in [0.5, 0.6) is 0 Å². The van der Waals surface area contributed by atoms with Gasteiger partial charge in [0.25, 0.3) is 0 Å². The molecule has 0 unspecified atom stereocenters. The first-order valence-electron chi connectivity index (χ1n) is 5.40. The summed E-state index contributed by atoms with van der Waals surface area (Å²) in [6.45, 7) is 1.84. The zero-order valence-electron chi connectivity index (χ0n) is 9.77. The number of halogens is 3. The van der Waals surface area contributed by atoms with Gasteiger partial charge >= 0.3 is 6.18 Å². The van der Waals surface area contributed by atoms with Gasteiger partial charge in [0.1, 0.15) is 29.9 Å². The summed E-state index contributed by atoms with van der Waals surface area (Å²) in [5.74, 6) is 0. The third-order valence-corrected chi connectivity index (χ3v) is 2.73. The summed E-state index contributed by atoms with van der Waals surface area (Å²) in [5.41, 5.74) is 0.813. The number of alkyl halides is 3. The summed E-state index contributed by atoms with van der Waals surface area (Å²) in [4.78, 5) is 8.16. The Labute approximate surface area is 105 Å². The highest BCUT2D eigenvalue weighted by atomic mass is 19.4. The molecule has 3 heterocycles. The van der Waals surface area contributed by atoms with E-state index in [-0.39, 0.29) is 5.69 Å². The van der Waals surface area contributed by atoms with E-state index < -0.39 is 11.7 Å². The maximum absolute atomic E-state index is 12.8. The van der Waals surface area contributed by atoms with Gasteiger partial charge in [-0.15, -0.1) is 0 Å². The van der Waals surface area contributed by atoms with Crippen molar-refractivity contribution >= 4 is 11.2 Å². The Morgan fingerprint density at radius 1 is 1.21 bits per heavy atom. The lowest BCUT2D eigenvalue weighted by atomic mass is 10.2. The maximum atomic E-state index is 12.8. The van der Waals surface area contributed by atoms with Crippen molar-refractivity contribution in [1.29, 1.82) is 0 Å². The van der Waals surface area contributed by atoms with Gasteiger partial charge in [0, 0.05) is 6.20 Å². The summed E-state index contributed by atoms with van der Waals surface area (Å²) in [6.07, 6.45) is 0.107. The molecule has 0 fully saturated rings. The zero-order chi connectivity index (χ0) is 13.6. The monoisotopic (exact) mass is 267 g/mol. The van der Waals surface area contributed by atoms with Gasteiger partial charge in [0.2, 0.25) is 0 Å². The summed E-state index contributed by atoms with van der Waals surface area (Å²) in [5, 5.41) is 0. The molecular weight excluding hydrogens is 259 g/mol. The van der Waals surface area contributed by atoms with Crippen LogP contribution in [0.2, 0.25) is 0 Å². The number of rotatable bonds is 1. The molecule has 7 heteroatoms. The minimum Gasteiger partial charge on any atom is -0.470 e. The minimum atomic E-state index is -4.48. The van der Waals surface area contributed by atoms with Crippen molar-refractivity contribution in [1.82, 2.24) is 14.5 Å². The average Bonchev–Trinajstić information content (AvgIpc) is 2.91. The smallest absolute Gasteiger partial charge is 0.421 e. The van der Waals surface area contributed by atoms with Crippen LogP contribution in [0.3, 0.4) is 0 Å². The number of furan rings is 1. The first kappa shape index (κ1) is 11.8. The number of pyridine rings is 1. The highest BCUT2D eigenvalue weighted by Crippen LogP contribution is 2.35. The Balaban J connectivity index is 2.23. The fraction of sp³-hybridized carbons (Fsp3) is 0.167. The quantitative estimate of drug-likeness (QED) is 0.679. The normalized spacial score (nSPS) is 12.2. The standard InChI is InChI=1S/C12H8F3N3O/c1-7-2-9-11(16-3-7)18(6-17-9)10-5-19-4-8(10)12(13,14)15/h2-6H,1H3. The van der Waals surface area contributed by atoms with Crippen LogP contribution >= 0.6 is 0 Å². The van der Waals surface area contributed by atoms with E-state index in [0.29, 0.717) is 17.4 Å². The molecule has 19 heavy (non-hydrogen) atoms. The molecule has 0 atom stereocenters. The predicted octanol–water partition coefficient (Wildman–Crippen LogP) is 3.34. The number of imidazole rings is 1. The van der Waals surface area contributed by atoms with E-state index in [0.717, 1.165) is 11.8 Å². The van der Waals surface area contributed by atoms with Crippen LogP contribution < -0.4 is 0 Å². The molecule has 0 spiro atoms. The molecule has 98 valence electrons. The molecule has 0 bridgehead atoms. The second-order valence-corrected chi connectivity index (χ2v) is 4.14.